The summed E-state index contributed by atoms with van der Waals surface area (Å²) in [4.78, 5) is 0.105. The maximum Gasteiger partial charge on any atom is 0.244 e. The van der Waals surface area contributed by atoms with Crippen LogP contribution in [0.3, 0.4) is 0 Å². The molecular weight excluding hydrogens is 316 g/mol. The number of hydrogen-bond acceptors (Lipinski definition) is 5. The molecule has 0 aliphatic rings. The fraction of sp³-hybridized carbons (Fsp3) is 0.200. The molecule has 0 atom stereocenters. The summed E-state index contributed by atoms with van der Waals surface area (Å²) in [6.07, 6.45) is 1.78. The smallest absolute Gasteiger partial charge is 0.244 e. The van der Waals surface area contributed by atoms with E-state index in [-0.39, 0.29) is 11.4 Å². The molecule has 23 heavy (non-hydrogen) atoms. The van der Waals surface area contributed by atoms with Crippen molar-refractivity contribution in [3.63, 3.8) is 0 Å². The van der Waals surface area contributed by atoms with Crippen LogP contribution in [0.15, 0.2) is 47.5 Å². The second-order valence-electron chi connectivity index (χ2n) is 5.02. The Hall–Kier alpha value is -2.45. The van der Waals surface area contributed by atoms with Crippen LogP contribution in [0.25, 0.3) is 5.65 Å². The van der Waals surface area contributed by atoms with Crippen LogP contribution in [0.1, 0.15) is 11.4 Å². The first-order valence-corrected chi connectivity index (χ1v) is 8.42. The first-order valence-electron chi connectivity index (χ1n) is 6.94. The molecule has 0 unspecified atom stereocenters. The van der Waals surface area contributed by atoms with Crippen LogP contribution >= 0.6 is 0 Å². The zero-order chi connectivity index (χ0) is 16.4. The van der Waals surface area contributed by atoms with Gasteiger partial charge in [-0.1, -0.05) is 12.1 Å². The predicted octanol–water partition coefficient (Wildman–Crippen LogP) is 1.52. The molecule has 1 aromatic carbocycles. The maximum atomic E-state index is 12.5. The molecule has 0 amide bonds. The third kappa shape index (κ3) is 3.03. The van der Waals surface area contributed by atoms with Gasteiger partial charge in [0.05, 0.1) is 13.7 Å². The predicted molar refractivity (Wildman–Crippen MR) is 84.7 cm³/mol. The lowest BCUT2D eigenvalue weighted by Gasteiger charge is -2.11. The van der Waals surface area contributed by atoms with Crippen molar-refractivity contribution < 1.29 is 13.2 Å². The maximum absolute atomic E-state index is 12.5. The fourth-order valence-electron chi connectivity index (χ4n) is 2.24. The van der Waals surface area contributed by atoms with Gasteiger partial charge in [0.1, 0.15) is 10.6 Å². The van der Waals surface area contributed by atoms with Gasteiger partial charge in [0.2, 0.25) is 10.0 Å². The van der Waals surface area contributed by atoms with Crippen LogP contribution in [-0.4, -0.2) is 30.1 Å². The van der Waals surface area contributed by atoms with E-state index in [0.717, 1.165) is 5.56 Å². The van der Waals surface area contributed by atoms with Crippen molar-refractivity contribution in [2.24, 2.45) is 0 Å². The van der Waals surface area contributed by atoms with Crippen molar-refractivity contribution in [1.82, 2.24) is 19.3 Å². The molecule has 0 saturated carbocycles. The van der Waals surface area contributed by atoms with E-state index >= 15 is 0 Å². The number of methoxy groups -OCH3 is 1. The third-order valence-corrected chi connectivity index (χ3v) is 4.84. The van der Waals surface area contributed by atoms with E-state index in [1.165, 1.54) is 7.11 Å². The molecule has 8 heteroatoms. The van der Waals surface area contributed by atoms with Crippen LogP contribution in [0, 0.1) is 6.92 Å². The lowest BCUT2D eigenvalue weighted by Crippen LogP contribution is -2.25. The first-order chi connectivity index (χ1) is 11.0. The number of benzene rings is 1. The van der Waals surface area contributed by atoms with E-state index in [2.05, 4.69) is 14.9 Å². The van der Waals surface area contributed by atoms with Crippen molar-refractivity contribution in [3.8, 4) is 5.75 Å². The highest BCUT2D eigenvalue weighted by molar-refractivity contribution is 7.89. The molecule has 1 N–H and O–H groups in total. The number of rotatable bonds is 5. The van der Waals surface area contributed by atoms with Gasteiger partial charge in [-0.3, -0.25) is 4.40 Å². The highest BCUT2D eigenvalue weighted by atomic mass is 32.2. The van der Waals surface area contributed by atoms with Crippen LogP contribution < -0.4 is 9.46 Å². The summed E-state index contributed by atoms with van der Waals surface area (Å²) in [5.41, 5.74) is 1.49. The van der Waals surface area contributed by atoms with Gasteiger partial charge in [-0.15, -0.1) is 10.2 Å². The molecule has 7 nitrogen and oxygen atoms in total. The van der Waals surface area contributed by atoms with Gasteiger partial charge in [0, 0.05) is 6.20 Å². The summed E-state index contributed by atoms with van der Waals surface area (Å²) < 4.78 is 34.5. The Labute approximate surface area is 134 Å². The van der Waals surface area contributed by atoms with Crippen molar-refractivity contribution in [1.29, 1.82) is 0 Å². The average Bonchev–Trinajstić information content (AvgIpc) is 2.96. The number of aromatic nitrogens is 3. The van der Waals surface area contributed by atoms with Crippen LogP contribution in [-0.2, 0) is 16.6 Å². The minimum Gasteiger partial charge on any atom is -0.495 e. The molecule has 2 heterocycles. The summed E-state index contributed by atoms with van der Waals surface area (Å²) in [5, 5.41) is 8.00. The number of nitrogens with one attached hydrogen (secondary N) is 1. The Bertz CT molecular complexity index is 950. The van der Waals surface area contributed by atoms with Gasteiger partial charge < -0.3 is 4.74 Å². The second kappa shape index (κ2) is 5.98. The third-order valence-electron chi connectivity index (χ3n) is 3.41. The fourth-order valence-corrected chi connectivity index (χ4v) is 3.47. The van der Waals surface area contributed by atoms with Crippen molar-refractivity contribution in [3.05, 3.63) is 54.0 Å². The monoisotopic (exact) mass is 332 g/mol. The molecule has 0 saturated heterocycles. The normalized spacial score (nSPS) is 11.7. The van der Waals surface area contributed by atoms with Crippen molar-refractivity contribution in [2.45, 2.75) is 18.4 Å². The van der Waals surface area contributed by atoms with E-state index < -0.39 is 10.0 Å². The zero-order valence-corrected chi connectivity index (χ0v) is 13.5. The molecule has 3 rings (SSSR count). The number of pyridine rings is 1. The second-order valence-corrected chi connectivity index (χ2v) is 6.76. The molecular formula is C15H16N4O3S. The molecule has 0 aliphatic carbocycles. The molecule has 2 aromatic heterocycles. The van der Waals surface area contributed by atoms with Crippen molar-refractivity contribution >= 4 is 15.7 Å². The molecule has 3 aromatic rings. The van der Waals surface area contributed by atoms with Gasteiger partial charge in [-0.2, -0.15) is 0 Å². The van der Waals surface area contributed by atoms with Crippen LogP contribution in [0.5, 0.6) is 5.75 Å². The SMILES string of the molecule is COc1ccc(C)cc1S(=O)(=O)NCc1nnc2ccccn12. The Kier molecular flexibility index (Phi) is 4.01. The number of aryl methyl sites for hydroxylation is 1. The van der Waals surface area contributed by atoms with E-state index in [9.17, 15) is 8.42 Å². The highest BCUT2D eigenvalue weighted by Crippen LogP contribution is 2.24. The van der Waals surface area contributed by atoms with Crippen LogP contribution in [0.4, 0.5) is 0 Å². The summed E-state index contributed by atoms with van der Waals surface area (Å²) >= 11 is 0. The minimum atomic E-state index is -3.73. The molecule has 0 fully saturated rings. The van der Waals surface area contributed by atoms with Gasteiger partial charge >= 0.3 is 0 Å². The van der Waals surface area contributed by atoms with Gasteiger partial charge in [-0.05, 0) is 36.8 Å². The summed E-state index contributed by atoms with van der Waals surface area (Å²) in [6, 6.07) is 10.5. The largest absolute Gasteiger partial charge is 0.495 e. The number of hydrogen-bond donors (Lipinski definition) is 1. The van der Waals surface area contributed by atoms with Crippen LogP contribution in [0.2, 0.25) is 0 Å². The highest BCUT2D eigenvalue weighted by Gasteiger charge is 2.20. The Morgan fingerprint density at radius 2 is 2.04 bits per heavy atom. The number of fused-ring (bicyclic) bond motifs is 1. The van der Waals surface area contributed by atoms with Gasteiger partial charge in [0.25, 0.3) is 0 Å². The molecule has 0 spiro atoms. The molecule has 0 aliphatic heterocycles. The lowest BCUT2D eigenvalue weighted by atomic mass is 10.2. The van der Waals surface area contributed by atoms with E-state index in [0.29, 0.717) is 17.2 Å². The van der Waals surface area contributed by atoms with Gasteiger partial charge in [0.15, 0.2) is 11.5 Å². The average molecular weight is 332 g/mol. The number of nitrogens with zero attached hydrogens (tertiary/aromatic N) is 3. The minimum absolute atomic E-state index is 0.0324. The van der Waals surface area contributed by atoms with Gasteiger partial charge in [-0.25, -0.2) is 13.1 Å². The van der Waals surface area contributed by atoms with E-state index in [1.54, 1.807) is 34.9 Å². The zero-order valence-electron chi connectivity index (χ0n) is 12.7. The quantitative estimate of drug-likeness (QED) is 0.766. The Balaban J connectivity index is 1.89. The lowest BCUT2D eigenvalue weighted by molar-refractivity contribution is 0.402. The van der Waals surface area contributed by atoms with Crippen molar-refractivity contribution in [2.75, 3.05) is 7.11 Å². The summed E-state index contributed by atoms with van der Waals surface area (Å²) in [7, 11) is -2.29. The summed E-state index contributed by atoms with van der Waals surface area (Å²) in [5.74, 6) is 0.810. The first kappa shape index (κ1) is 15.4. The molecule has 0 radical (unpaired) electrons. The number of sulfonamides is 1. The van der Waals surface area contributed by atoms with E-state index in [1.807, 2.05) is 19.1 Å². The topological polar surface area (TPSA) is 85.6 Å². The van der Waals surface area contributed by atoms with E-state index in [4.69, 9.17) is 4.74 Å². The Morgan fingerprint density at radius 1 is 1.22 bits per heavy atom. The number of ether oxygens (including phenoxy) is 1. The Morgan fingerprint density at radius 3 is 2.83 bits per heavy atom. The summed E-state index contributed by atoms with van der Waals surface area (Å²) in [6.45, 7) is 1.86. The molecule has 0 bridgehead atoms. The molecule has 120 valence electrons. The standard InChI is InChI=1S/C15H16N4O3S/c1-11-6-7-12(22-2)13(9-11)23(20,21)16-10-15-18-17-14-5-3-4-8-19(14)15/h3-9,16H,10H2,1-2H3.